The third-order valence-corrected chi connectivity index (χ3v) is 3.60. The van der Waals surface area contributed by atoms with E-state index in [1.54, 1.807) is 14.2 Å². The molecule has 0 aromatic heterocycles. The minimum Gasteiger partial charge on any atom is -0.497 e. The van der Waals surface area contributed by atoms with Gasteiger partial charge >= 0.3 is 0 Å². The maximum atomic E-state index is 5.45. The van der Waals surface area contributed by atoms with Crippen LogP contribution < -0.4 is 14.8 Å². The highest BCUT2D eigenvalue weighted by molar-refractivity contribution is 5.39. The zero-order valence-electron chi connectivity index (χ0n) is 13.1. The zero-order chi connectivity index (χ0) is 15.2. The van der Waals surface area contributed by atoms with E-state index in [0.717, 1.165) is 18.0 Å². The molecule has 1 atom stereocenters. The molecular weight excluding hydrogens is 262 g/mol. The van der Waals surface area contributed by atoms with Crippen LogP contribution in [0.3, 0.4) is 0 Å². The van der Waals surface area contributed by atoms with Gasteiger partial charge in [-0.15, -0.1) is 0 Å². The molecule has 0 bridgehead atoms. The van der Waals surface area contributed by atoms with Gasteiger partial charge in [0.25, 0.3) is 0 Å². The first-order valence-corrected chi connectivity index (χ1v) is 7.15. The lowest BCUT2D eigenvalue weighted by Gasteiger charge is -2.18. The van der Waals surface area contributed by atoms with Gasteiger partial charge in [-0.2, -0.15) is 0 Å². The minimum atomic E-state index is 0.214. The number of nitrogens with one attached hydrogen (secondary N) is 1. The lowest BCUT2D eigenvalue weighted by Crippen LogP contribution is -2.18. The summed E-state index contributed by atoms with van der Waals surface area (Å²) in [5, 5.41) is 3.53. The number of benzene rings is 2. The second kappa shape index (κ2) is 7.14. The van der Waals surface area contributed by atoms with Gasteiger partial charge in [0.2, 0.25) is 0 Å². The molecule has 0 aliphatic carbocycles. The number of aryl methyl sites for hydroxylation is 1. The standard InChI is InChI=1S/C18H23NO2/c1-13-8-9-18(21-4)17(10-13)14(2)19-12-15-6-5-7-16(11-15)20-3/h5-11,14,19H,12H2,1-4H3. The summed E-state index contributed by atoms with van der Waals surface area (Å²) in [7, 11) is 3.40. The molecule has 0 aliphatic rings. The van der Waals surface area contributed by atoms with Gasteiger partial charge in [-0.3, -0.25) is 0 Å². The van der Waals surface area contributed by atoms with Crippen molar-refractivity contribution in [3.8, 4) is 11.5 Å². The molecule has 0 saturated heterocycles. The summed E-state index contributed by atoms with van der Waals surface area (Å²) < 4.78 is 10.7. The van der Waals surface area contributed by atoms with Crippen molar-refractivity contribution in [2.75, 3.05) is 14.2 Å². The molecule has 0 spiro atoms. The van der Waals surface area contributed by atoms with Gasteiger partial charge in [-0.25, -0.2) is 0 Å². The maximum Gasteiger partial charge on any atom is 0.123 e. The van der Waals surface area contributed by atoms with Crippen molar-refractivity contribution < 1.29 is 9.47 Å². The molecule has 0 fully saturated rings. The lowest BCUT2D eigenvalue weighted by molar-refractivity contribution is 0.401. The lowest BCUT2D eigenvalue weighted by atomic mass is 10.0. The van der Waals surface area contributed by atoms with Crippen LogP contribution in [0.25, 0.3) is 0 Å². The van der Waals surface area contributed by atoms with Crippen LogP contribution in [0.4, 0.5) is 0 Å². The molecule has 0 aliphatic heterocycles. The first-order chi connectivity index (χ1) is 10.1. The molecule has 2 aromatic rings. The molecule has 0 saturated carbocycles. The van der Waals surface area contributed by atoms with Crippen molar-refractivity contribution in [3.05, 3.63) is 59.2 Å². The van der Waals surface area contributed by atoms with Gasteiger partial charge < -0.3 is 14.8 Å². The van der Waals surface area contributed by atoms with Gasteiger partial charge in [0, 0.05) is 18.2 Å². The van der Waals surface area contributed by atoms with Crippen LogP contribution in [0.2, 0.25) is 0 Å². The highest BCUT2D eigenvalue weighted by Gasteiger charge is 2.11. The molecule has 1 N–H and O–H groups in total. The summed E-state index contributed by atoms with van der Waals surface area (Å²) in [5.74, 6) is 1.81. The quantitative estimate of drug-likeness (QED) is 0.874. The van der Waals surface area contributed by atoms with E-state index < -0.39 is 0 Å². The van der Waals surface area contributed by atoms with E-state index in [1.165, 1.54) is 16.7 Å². The number of hydrogen-bond donors (Lipinski definition) is 1. The van der Waals surface area contributed by atoms with Gasteiger partial charge in [0.15, 0.2) is 0 Å². The third-order valence-electron chi connectivity index (χ3n) is 3.60. The summed E-state index contributed by atoms with van der Waals surface area (Å²) in [6, 6.07) is 14.6. The average molecular weight is 285 g/mol. The van der Waals surface area contributed by atoms with Crippen LogP contribution in [0.1, 0.15) is 29.7 Å². The largest absolute Gasteiger partial charge is 0.497 e. The van der Waals surface area contributed by atoms with Gasteiger partial charge in [-0.1, -0.05) is 29.8 Å². The van der Waals surface area contributed by atoms with Crippen LogP contribution in [0.15, 0.2) is 42.5 Å². The number of rotatable bonds is 6. The maximum absolute atomic E-state index is 5.45. The highest BCUT2D eigenvalue weighted by Crippen LogP contribution is 2.26. The van der Waals surface area contributed by atoms with Crippen LogP contribution in [-0.4, -0.2) is 14.2 Å². The fourth-order valence-electron chi connectivity index (χ4n) is 2.36. The van der Waals surface area contributed by atoms with Gasteiger partial charge in [0.1, 0.15) is 11.5 Å². The van der Waals surface area contributed by atoms with E-state index in [9.17, 15) is 0 Å². The van der Waals surface area contributed by atoms with Crippen molar-refractivity contribution in [1.29, 1.82) is 0 Å². The molecule has 1 unspecified atom stereocenters. The first-order valence-electron chi connectivity index (χ1n) is 7.15. The van der Waals surface area contributed by atoms with Crippen molar-refractivity contribution in [1.82, 2.24) is 5.32 Å². The van der Waals surface area contributed by atoms with Gasteiger partial charge in [0.05, 0.1) is 14.2 Å². The molecule has 0 heterocycles. The first kappa shape index (κ1) is 15.4. The Morgan fingerprint density at radius 1 is 1.05 bits per heavy atom. The van der Waals surface area contributed by atoms with E-state index in [4.69, 9.17) is 9.47 Å². The summed E-state index contributed by atoms with van der Waals surface area (Å²) in [6.07, 6.45) is 0. The third kappa shape index (κ3) is 3.99. The molecular formula is C18H23NO2. The topological polar surface area (TPSA) is 30.5 Å². The van der Waals surface area contributed by atoms with Gasteiger partial charge in [-0.05, 0) is 37.6 Å². The Morgan fingerprint density at radius 2 is 1.86 bits per heavy atom. The SMILES string of the molecule is COc1cccc(CNC(C)c2cc(C)ccc2OC)c1. The molecule has 2 aromatic carbocycles. The number of methoxy groups -OCH3 is 2. The molecule has 0 amide bonds. The molecule has 3 nitrogen and oxygen atoms in total. The normalized spacial score (nSPS) is 12.0. The second-order valence-electron chi connectivity index (χ2n) is 5.20. The van der Waals surface area contributed by atoms with Crippen LogP contribution in [0, 0.1) is 6.92 Å². The van der Waals surface area contributed by atoms with E-state index in [2.05, 4.69) is 37.4 Å². The minimum absolute atomic E-state index is 0.214. The Bertz CT molecular complexity index is 596. The van der Waals surface area contributed by atoms with Crippen molar-refractivity contribution in [2.24, 2.45) is 0 Å². The van der Waals surface area contributed by atoms with E-state index >= 15 is 0 Å². The second-order valence-corrected chi connectivity index (χ2v) is 5.20. The highest BCUT2D eigenvalue weighted by atomic mass is 16.5. The smallest absolute Gasteiger partial charge is 0.123 e. The average Bonchev–Trinajstić information content (AvgIpc) is 2.52. The molecule has 2 rings (SSSR count). The zero-order valence-corrected chi connectivity index (χ0v) is 13.1. The number of ether oxygens (including phenoxy) is 2. The molecule has 3 heteroatoms. The summed E-state index contributed by atoms with van der Waals surface area (Å²) in [6.45, 7) is 5.03. The summed E-state index contributed by atoms with van der Waals surface area (Å²) >= 11 is 0. The van der Waals surface area contributed by atoms with Crippen LogP contribution in [-0.2, 0) is 6.54 Å². The predicted molar refractivity (Wildman–Crippen MR) is 86.0 cm³/mol. The van der Waals surface area contributed by atoms with Crippen molar-refractivity contribution in [3.63, 3.8) is 0 Å². The van der Waals surface area contributed by atoms with Crippen LogP contribution in [0.5, 0.6) is 11.5 Å². The van der Waals surface area contributed by atoms with E-state index in [0.29, 0.717) is 0 Å². The fraction of sp³-hybridized carbons (Fsp3) is 0.333. The molecule has 0 radical (unpaired) electrons. The predicted octanol–water partition coefficient (Wildman–Crippen LogP) is 3.86. The fourth-order valence-corrected chi connectivity index (χ4v) is 2.36. The van der Waals surface area contributed by atoms with E-state index in [1.807, 2.05) is 24.3 Å². The molecule has 112 valence electrons. The van der Waals surface area contributed by atoms with Crippen LogP contribution >= 0.6 is 0 Å². The summed E-state index contributed by atoms with van der Waals surface area (Å²) in [4.78, 5) is 0. The van der Waals surface area contributed by atoms with E-state index in [-0.39, 0.29) is 6.04 Å². The Kier molecular flexibility index (Phi) is 5.23. The number of hydrogen-bond acceptors (Lipinski definition) is 3. The Balaban J connectivity index is 2.07. The Labute approximate surface area is 126 Å². The van der Waals surface area contributed by atoms with Crippen molar-refractivity contribution in [2.45, 2.75) is 26.4 Å². The summed E-state index contributed by atoms with van der Waals surface area (Å²) in [5.41, 5.74) is 3.62. The van der Waals surface area contributed by atoms with Crippen molar-refractivity contribution >= 4 is 0 Å². The Morgan fingerprint density at radius 3 is 2.57 bits per heavy atom. The molecule has 21 heavy (non-hydrogen) atoms. The monoisotopic (exact) mass is 285 g/mol. The Hall–Kier alpha value is -2.00.